The normalized spacial score (nSPS) is 24.7. The number of hydrogen-bond donors (Lipinski definition) is 1. The minimum Gasteiger partial charge on any atom is -0.357 e. The topological polar surface area (TPSA) is 69.0 Å². The Morgan fingerprint density at radius 1 is 1.30 bits per heavy atom. The van der Waals surface area contributed by atoms with Crippen LogP contribution in [0.4, 0.5) is 5.69 Å². The maximum Gasteiger partial charge on any atom is 0.246 e. The molecule has 0 aromatic carbocycles. The summed E-state index contributed by atoms with van der Waals surface area (Å²) >= 11 is 0. The predicted molar refractivity (Wildman–Crippen MR) is 106 cm³/mol. The Balaban J connectivity index is 1.35. The molecule has 8 heteroatoms. The molecular formula is C19H31N7O. The number of piperazine rings is 1. The van der Waals surface area contributed by atoms with Gasteiger partial charge in [0.2, 0.25) is 5.91 Å². The Kier molecular flexibility index (Phi) is 5.33. The van der Waals surface area contributed by atoms with E-state index < -0.39 is 0 Å². The summed E-state index contributed by atoms with van der Waals surface area (Å²) in [7, 11) is 1.87. The van der Waals surface area contributed by atoms with Crippen molar-refractivity contribution in [3.05, 3.63) is 12.4 Å². The third-order valence-corrected chi connectivity index (χ3v) is 5.74. The van der Waals surface area contributed by atoms with Crippen LogP contribution in [0, 0.1) is 5.92 Å². The lowest BCUT2D eigenvalue weighted by Crippen LogP contribution is -2.55. The number of carbonyl (C=O) groups is 1. The van der Waals surface area contributed by atoms with Crippen molar-refractivity contribution in [2.24, 2.45) is 18.0 Å². The Morgan fingerprint density at radius 2 is 2.15 bits per heavy atom. The van der Waals surface area contributed by atoms with Crippen LogP contribution in [0.15, 0.2) is 17.4 Å². The summed E-state index contributed by atoms with van der Waals surface area (Å²) in [5.74, 6) is 1.62. The van der Waals surface area contributed by atoms with Gasteiger partial charge in [-0.05, 0) is 38.6 Å². The molecule has 1 aliphatic carbocycles. The van der Waals surface area contributed by atoms with Crippen molar-refractivity contribution in [3.63, 3.8) is 0 Å². The molecule has 1 aromatic rings. The third kappa shape index (κ3) is 4.26. The van der Waals surface area contributed by atoms with E-state index in [2.05, 4.69) is 27.1 Å². The summed E-state index contributed by atoms with van der Waals surface area (Å²) in [5.41, 5.74) is 0.871. The van der Waals surface area contributed by atoms with Crippen LogP contribution in [0.2, 0.25) is 0 Å². The van der Waals surface area contributed by atoms with E-state index in [1.54, 1.807) is 10.9 Å². The van der Waals surface area contributed by atoms with Gasteiger partial charge in [-0.25, -0.2) is 0 Å². The summed E-state index contributed by atoms with van der Waals surface area (Å²) in [6.07, 6.45) is 7.63. The van der Waals surface area contributed by atoms with Gasteiger partial charge in [0, 0.05) is 52.0 Å². The van der Waals surface area contributed by atoms with Gasteiger partial charge in [-0.2, -0.15) is 5.10 Å². The van der Waals surface area contributed by atoms with Crippen LogP contribution in [0.3, 0.4) is 0 Å². The molecular weight excluding hydrogens is 342 g/mol. The molecule has 27 heavy (non-hydrogen) atoms. The summed E-state index contributed by atoms with van der Waals surface area (Å²) in [4.78, 5) is 24.1. The van der Waals surface area contributed by atoms with Crippen molar-refractivity contribution in [3.8, 4) is 0 Å². The fraction of sp³-hybridized carbons (Fsp3) is 0.737. The van der Waals surface area contributed by atoms with Crippen LogP contribution in [-0.4, -0.2) is 83.3 Å². The average Bonchev–Trinajstić information content (AvgIpc) is 3.25. The minimum absolute atomic E-state index is 0.0978. The van der Waals surface area contributed by atoms with Gasteiger partial charge in [0.15, 0.2) is 5.96 Å². The first-order valence-electron chi connectivity index (χ1n) is 10.2. The molecule has 3 heterocycles. The first-order chi connectivity index (χ1) is 13.1. The van der Waals surface area contributed by atoms with Gasteiger partial charge in [-0.15, -0.1) is 0 Å². The van der Waals surface area contributed by atoms with Crippen molar-refractivity contribution < 1.29 is 4.79 Å². The van der Waals surface area contributed by atoms with Gasteiger partial charge >= 0.3 is 0 Å². The lowest BCUT2D eigenvalue weighted by Gasteiger charge is -2.35. The second-order valence-electron chi connectivity index (χ2n) is 7.91. The van der Waals surface area contributed by atoms with Crippen molar-refractivity contribution in [2.45, 2.75) is 32.2 Å². The van der Waals surface area contributed by atoms with E-state index in [-0.39, 0.29) is 5.91 Å². The molecule has 148 valence electrons. The molecule has 3 fully saturated rings. The second-order valence-corrected chi connectivity index (χ2v) is 7.91. The molecule has 1 aromatic heterocycles. The molecule has 0 radical (unpaired) electrons. The monoisotopic (exact) mass is 373 g/mol. The predicted octanol–water partition coefficient (Wildman–Crippen LogP) is 0.519. The minimum atomic E-state index is 0.0978. The van der Waals surface area contributed by atoms with E-state index >= 15 is 0 Å². The van der Waals surface area contributed by atoms with Crippen LogP contribution < -0.4 is 10.2 Å². The molecule has 2 aliphatic heterocycles. The van der Waals surface area contributed by atoms with Gasteiger partial charge in [0.25, 0.3) is 0 Å². The zero-order valence-electron chi connectivity index (χ0n) is 16.5. The van der Waals surface area contributed by atoms with Crippen molar-refractivity contribution in [1.82, 2.24) is 24.9 Å². The van der Waals surface area contributed by atoms with Crippen molar-refractivity contribution in [2.75, 3.05) is 50.7 Å². The number of rotatable bonds is 5. The molecule has 1 atom stereocenters. The fourth-order valence-electron chi connectivity index (χ4n) is 4.10. The average molecular weight is 374 g/mol. The van der Waals surface area contributed by atoms with E-state index in [9.17, 15) is 4.79 Å². The standard InChI is InChI=1S/C19H31N7O/c1-3-20-19(21-10-15-6-7-24(12-15)16-4-5-16)25-8-9-26(18(27)14-25)17-11-22-23(2)13-17/h11,13,15-16H,3-10,12,14H2,1-2H3,(H,20,21). The Morgan fingerprint density at radius 3 is 2.81 bits per heavy atom. The second kappa shape index (κ2) is 7.88. The number of aromatic nitrogens is 2. The van der Waals surface area contributed by atoms with E-state index in [1.807, 2.05) is 18.1 Å². The number of likely N-dealkylation sites (tertiary alicyclic amines) is 1. The van der Waals surface area contributed by atoms with Crippen LogP contribution in [0.25, 0.3) is 0 Å². The molecule has 1 saturated carbocycles. The fourth-order valence-corrected chi connectivity index (χ4v) is 4.10. The molecule has 1 unspecified atom stereocenters. The van der Waals surface area contributed by atoms with Gasteiger partial charge in [-0.1, -0.05) is 0 Å². The van der Waals surface area contributed by atoms with E-state index in [0.717, 1.165) is 37.3 Å². The number of aliphatic imine (C=N–C) groups is 1. The number of hydrogen-bond acceptors (Lipinski definition) is 4. The van der Waals surface area contributed by atoms with Crippen LogP contribution in [0.5, 0.6) is 0 Å². The number of nitrogens with one attached hydrogen (secondary N) is 1. The SMILES string of the molecule is CCNC(=NCC1CCN(C2CC2)C1)N1CCN(c2cnn(C)c2)C(=O)C1. The molecule has 8 nitrogen and oxygen atoms in total. The lowest BCUT2D eigenvalue weighted by atomic mass is 10.1. The molecule has 1 amide bonds. The summed E-state index contributed by atoms with van der Waals surface area (Å²) in [6.45, 7) is 7.95. The first kappa shape index (κ1) is 18.3. The van der Waals surface area contributed by atoms with Crippen LogP contribution in [-0.2, 0) is 11.8 Å². The van der Waals surface area contributed by atoms with Gasteiger partial charge in [0.1, 0.15) is 6.54 Å². The highest BCUT2D eigenvalue weighted by atomic mass is 16.2. The number of anilines is 1. The Bertz CT molecular complexity index is 696. The maximum absolute atomic E-state index is 12.7. The molecule has 4 rings (SSSR count). The van der Waals surface area contributed by atoms with E-state index in [4.69, 9.17) is 4.99 Å². The number of carbonyl (C=O) groups excluding carboxylic acids is 1. The van der Waals surface area contributed by atoms with Gasteiger partial charge in [-0.3, -0.25) is 14.5 Å². The smallest absolute Gasteiger partial charge is 0.246 e. The van der Waals surface area contributed by atoms with Crippen molar-refractivity contribution >= 4 is 17.6 Å². The molecule has 0 bridgehead atoms. The molecule has 2 saturated heterocycles. The third-order valence-electron chi connectivity index (χ3n) is 5.74. The number of guanidine groups is 1. The Hall–Kier alpha value is -2.09. The number of amides is 1. The molecule has 0 spiro atoms. The molecule has 1 N–H and O–H groups in total. The quantitative estimate of drug-likeness (QED) is 0.602. The highest BCUT2D eigenvalue weighted by molar-refractivity contribution is 5.98. The zero-order valence-corrected chi connectivity index (χ0v) is 16.5. The van der Waals surface area contributed by atoms with Gasteiger partial charge in [0.05, 0.1) is 11.9 Å². The van der Waals surface area contributed by atoms with Crippen LogP contribution >= 0.6 is 0 Å². The maximum atomic E-state index is 12.7. The highest BCUT2D eigenvalue weighted by Gasteiger charge is 2.34. The number of aryl methyl sites for hydroxylation is 1. The lowest BCUT2D eigenvalue weighted by molar-refractivity contribution is -0.120. The highest BCUT2D eigenvalue weighted by Crippen LogP contribution is 2.31. The molecule has 3 aliphatic rings. The summed E-state index contributed by atoms with van der Waals surface area (Å²) in [6, 6.07) is 0.852. The number of nitrogens with zero attached hydrogens (tertiary/aromatic N) is 6. The first-order valence-corrected chi connectivity index (χ1v) is 10.2. The van der Waals surface area contributed by atoms with E-state index in [1.165, 1.54) is 32.4 Å². The van der Waals surface area contributed by atoms with Gasteiger partial charge < -0.3 is 20.0 Å². The van der Waals surface area contributed by atoms with Crippen LogP contribution in [0.1, 0.15) is 26.2 Å². The summed E-state index contributed by atoms with van der Waals surface area (Å²) < 4.78 is 1.73. The zero-order chi connectivity index (χ0) is 18.8. The summed E-state index contributed by atoms with van der Waals surface area (Å²) in [5, 5.41) is 7.55. The van der Waals surface area contributed by atoms with E-state index in [0.29, 0.717) is 19.0 Å². The largest absolute Gasteiger partial charge is 0.357 e. The Labute approximate surface area is 161 Å². The van der Waals surface area contributed by atoms with Crippen molar-refractivity contribution in [1.29, 1.82) is 0 Å².